The van der Waals surface area contributed by atoms with Crippen LogP contribution in [0.3, 0.4) is 0 Å². The van der Waals surface area contributed by atoms with Crippen LogP contribution in [0, 0.1) is 6.92 Å². The van der Waals surface area contributed by atoms with E-state index in [1.54, 1.807) is 6.07 Å². The number of benzene rings is 1. The highest BCUT2D eigenvalue weighted by molar-refractivity contribution is 6.30. The quantitative estimate of drug-likeness (QED) is 0.887. The van der Waals surface area contributed by atoms with Gasteiger partial charge in [0, 0.05) is 40.6 Å². The first-order valence-electron chi connectivity index (χ1n) is 6.97. The monoisotopic (exact) mass is 304 g/mol. The molecule has 0 unspecified atom stereocenters. The fourth-order valence-corrected chi connectivity index (χ4v) is 1.99. The van der Waals surface area contributed by atoms with Crippen LogP contribution in [0.5, 0.6) is 11.5 Å². The molecule has 1 aromatic heterocycles. The molecule has 0 aliphatic rings. The van der Waals surface area contributed by atoms with Crippen molar-refractivity contribution in [2.24, 2.45) is 0 Å². The lowest BCUT2D eigenvalue weighted by atomic mass is 10.1. The van der Waals surface area contributed by atoms with Gasteiger partial charge in [-0.2, -0.15) is 0 Å². The number of pyridine rings is 1. The van der Waals surface area contributed by atoms with Crippen molar-refractivity contribution in [3.8, 4) is 11.5 Å². The van der Waals surface area contributed by atoms with Gasteiger partial charge < -0.3 is 10.1 Å². The van der Waals surface area contributed by atoms with Gasteiger partial charge >= 0.3 is 0 Å². The van der Waals surface area contributed by atoms with Crippen molar-refractivity contribution in [1.82, 2.24) is 10.3 Å². The predicted molar refractivity (Wildman–Crippen MR) is 87.1 cm³/mol. The maximum atomic E-state index is 6.00. The van der Waals surface area contributed by atoms with Crippen LogP contribution in [-0.4, -0.2) is 10.5 Å². The zero-order valence-electron chi connectivity index (χ0n) is 12.9. The normalized spacial score (nSPS) is 11.5. The molecular formula is C17H21ClN2O. The van der Waals surface area contributed by atoms with Crippen molar-refractivity contribution in [1.29, 1.82) is 0 Å². The van der Waals surface area contributed by atoms with Crippen LogP contribution in [0.4, 0.5) is 0 Å². The van der Waals surface area contributed by atoms with Gasteiger partial charge in [0.25, 0.3) is 0 Å². The average molecular weight is 305 g/mol. The van der Waals surface area contributed by atoms with E-state index in [1.807, 2.05) is 37.4 Å². The third-order valence-electron chi connectivity index (χ3n) is 2.91. The fourth-order valence-electron chi connectivity index (χ4n) is 1.81. The number of aromatic nitrogens is 1. The summed E-state index contributed by atoms with van der Waals surface area (Å²) < 4.78 is 5.97. The smallest absolute Gasteiger partial charge is 0.135 e. The molecule has 0 bridgehead atoms. The van der Waals surface area contributed by atoms with Crippen LogP contribution in [-0.2, 0) is 6.54 Å². The molecule has 0 fully saturated rings. The van der Waals surface area contributed by atoms with Crippen molar-refractivity contribution in [2.45, 2.75) is 39.8 Å². The van der Waals surface area contributed by atoms with Gasteiger partial charge in [0.05, 0.1) is 0 Å². The molecule has 0 aliphatic carbocycles. The largest absolute Gasteiger partial charge is 0.457 e. The van der Waals surface area contributed by atoms with Gasteiger partial charge in [0.15, 0.2) is 0 Å². The van der Waals surface area contributed by atoms with E-state index >= 15 is 0 Å². The van der Waals surface area contributed by atoms with Gasteiger partial charge in [-0.05, 0) is 45.9 Å². The first kappa shape index (κ1) is 15.8. The third-order valence-corrected chi connectivity index (χ3v) is 3.15. The molecule has 2 aromatic rings. The molecule has 0 radical (unpaired) electrons. The number of ether oxygens (including phenoxy) is 1. The second-order valence-corrected chi connectivity index (χ2v) is 6.53. The van der Waals surface area contributed by atoms with Crippen molar-refractivity contribution < 1.29 is 4.74 Å². The minimum atomic E-state index is 0.0399. The van der Waals surface area contributed by atoms with Gasteiger partial charge in [0.1, 0.15) is 11.5 Å². The number of nitrogens with one attached hydrogen (secondary N) is 1. The summed E-state index contributed by atoms with van der Waals surface area (Å²) in [4.78, 5) is 4.35. The second-order valence-electron chi connectivity index (χ2n) is 6.10. The molecule has 0 spiro atoms. The maximum absolute atomic E-state index is 6.00. The number of rotatable bonds is 4. The Labute approximate surface area is 131 Å². The molecule has 1 N–H and O–H groups in total. The molecule has 0 saturated heterocycles. The molecule has 0 aliphatic heterocycles. The summed E-state index contributed by atoms with van der Waals surface area (Å²) in [6.45, 7) is 9.04. The SMILES string of the molecule is Cc1cc(Oc2cccc(Cl)c2)c(CNC(C)(C)C)cn1. The highest BCUT2D eigenvalue weighted by Gasteiger charge is 2.12. The molecule has 112 valence electrons. The lowest BCUT2D eigenvalue weighted by Gasteiger charge is -2.21. The zero-order valence-corrected chi connectivity index (χ0v) is 13.7. The standard InChI is InChI=1S/C17H21ClN2O/c1-12-8-16(21-15-7-5-6-14(18)9-15)13(10-19-12)11-20-17(2,3)4/h5-10,20H,11H2,1-4H3. The van der Waals surface area contributed by atoms with Crippen molar-refractivity contribution in [2.75, 3.05) is 0 Å². The number of halogens is 1. The first-order chi connectivity index (χ1) is 9.83. The zero-order chi connectivity index (χ0) is 15.5. The molecule has 1 aromatic carbocycles. The Kier molecular flexibility index (Phi) is 4.86. The third kappa shape index (κ3) is 5.03. The number of hydrogen-bond acceptors (Lipinski definition) is 3. The number of hydrogen-bond donors (Lipinski definition) is 1. The Morgan fingerprint density at radius 3 is 2.67 bits per heavy atom. The van der Waals surface area contributed by atoms with Gasteiger partial charge in [-0.3, -0.25) is 4.98 Å². The molecule has 21 heavy (non-hydrogen) atoms. The highest BCUT2D eigenvalue weighted by atomic mass is 35.5. The van der Waals surface area contributed by atoms with E-state index in [1.165, 1.54) is 0 Å². The van der Waals surface area contributed by atoms with Gasteiger partial charge in [-0.15, -0.1) is 0 Å². The second kappa shape index (κ2) is 6.46. The van der Waals surface area contributed by atoms with Gasteiger partial charge in [-0.25, -0.2) is 0 Å². The lowest BCUT2D eigenvalue weighted by Crippen LogP contribution is -2.35. The van der Waals surface area contributed by atoms with Crippen LogP contribution in [0.2, 0.25) is 5.02 Å². The molecule has 4 heteroatoms. The molecule has 0 atom stereocenters. The van der Waals surface area contributed by atoms with Crippen molar-refractivity contribution >= 4 is 11.6 Å². The summed E-state index contributed by atoms with van der Waals surface area (Å²) in [5.41, 5.74) is 1.99. The Morgan fingerprint density at radius 2 is 2.00 bits per heavy atom. The van der Waals surface area contributed by atoms with Crippen molar-refractivity contribution in [3.63, 3.8) is 0 Å². The molecular weight excluding hydrogens is 284 g/mol. The molecule has 2 rings (SSSR count). The molecule has 0 saturated carbocycles. The van der Waals surface area contributed by atoms with Crippen LogP contribution in [0.25, 0.3) is 0 Å². The predicted octanol–water partition coefficient (Wildman–Crippen LogP) is 4.72. The van der Waals surface area contributed by atoms with Crippen LogP contribution in [0.1, 0.15) is 32.0 Å². The Morgan fingerprint density at radius 1 is 1.24 bits per heavy atom. The Bertz CT molecular complexity index is 620. The minimum absolute atomic E-state index is 0.0399. The number of aryl methyl sites for hydroxylation is 1. The molecule has 1 heterocycles. The summed E-state index contributed by atoms with van der Waals surface area (Å²) in [5.74, 6) is 1.53. The van der Waals surface area contributed by atoms with E-state index in [0.29, 0.717) is 11.6 Å². The van der Waals surface area contributed by atoms with E-state index in [9.17, 15) is 0 Å². The number of nitrogens with zero attached hydrogens (tertiary/aromatic N) is 1. The van der Waals surface area contributed by atoms with Crippen LogP contribution >= 0.6 is 11.6 Å². The van der Waals surface area contributed by atoms with E-state index < -0.39 is 0 Å². The van der Waals surface area contributed by atoms with E-state index in [4.69, 9.17) is 16.3 Å². The summed E-state index contributed by atoms with van der Waals surface area (Å²) >= 11 is 6.00. The van der Waals surface area contributed by atoms with Crippen LogP contribution < -0.4 is 10.1 Å². The van der Waals surface area contributed by atoms with E-state index in [0.717, 1.165) is 22.8 Å². The summed E-state index contributed by atoms with van der Waals surface area (Å²) in [5, 5.41) is 4.11. The topological polar surface area (TPSA) is 34.1 Å². The van der Waals surface area contributed by atoms with E-state index in [2.05, 4.69) is 31.1 Å². The molecule has 0 amide bonds. The Hall–Kier alpha value is -1.58. The van der Waals surface area contributed by atoms with Gasteiger partial charge in [0.2, 0.25) is 0 Å². The summed E-state index contributed by atoms with van der Waals surface area (Å²) in [7, 11) is 0. The highest BCUT2D eigenvalue weighted by Crippen LogP contribution is 2.27. The lowest BCUT2D eigenvalue weighted by molar-refractivity contribution is 0.413. The maximum Gasteiger partial charge on any atom is 0.135 e. The van der Waals surface area contributed by atoms with E-state index in [-0.39, 0.29) is 5.54 Å². The summed E-state index contributed by atoms with van der Waals surface area (Å²) in [6.07, 6.45) is 1.86. The van der Waals surface area contributed by atoms with Crippen LogP contribution in [0.15, 0.2) is 36.5 Å². The minimum Gasteiger partial charge on any atom is -0.457 e. The van der Waals surface area contributed by atoms with Crippen molar-refractivity contribution in [3.05, 3.63) is 52.8 Å². The summed E-state index contributed by atoms with van der Waals surface area (Å²) in [6, 6.07) is 9.34. The molecule has 3 nitrogen and oxygen atoms in total. The first-order valence-corrected chi connectivity index (χ1v) is 7.35. The Balaban J connectivity index is 2.23. The average Bonchev–Trinajstić information content (AvgIpc) is 2.36. The van der Waals surface area contributed by atoms with Gasteiger partial charge in [-0.1, -0.05) is 17.7 Å². The fraction of sp³-hybridized carbons (Fsp3) is 0.353.